The second-order valence-corrected chi connectivity index (χ2v) is 3.10. The summed E-state index contributed by atoms with van der Waals surface area (Å²) in [5.74, 6) is -3.43. The van der Waals surface area contributed by atoms with Gasteiger partial charge in [0, 0.05) is 12.1 Å². The Labute approximate surface area is 87.3 Å². The number of carbonyl (C=O) groups is 1. The predicted octanol–water partition coefficient (Wildman–Crippen LogP) is 1.17. The van der Waals surface area contributed by atoms with E-state index in [2.05, 4.69) is 0 Å². The van der Waals surface area contributed by atoms with E-state index in [4.69, 9.17) is 10.2 Å². The standard InChI is InChI=1S/C10H5F2NO3/c11-4-1-5-7(14)3-8(10(13)15)16-9(5)6(12)2-4/h1-3H,(H2,13,15). The maximum absolute atomic E-state index is 13.2. The number of benzene rings is 1. The highest BCUT2D eigenvalue weighted by atomic mass is 19.1. The highest BCUT2D eigenvalue weighted by Gasteiger charge is 2.13. The SMILES string of the molecule is NC(=O)c1cc(=O)c2cc(F)cc(F)c2o1. The molecule has 1 aromatic heterocycles. The lowest BCUT2D eigenvalue weighted by Crippen LogP contribution is -2.14. The molecule has 82 valence electrons. The summed E-state index contributed by atoms with van der Waals surface area (Å²) in [5.41, 5.74) is 3.67. The lowest BCUT2D eigenvalue weighted by Gasteiger charge is -2.00. The third-order valence-electron chi connectivity index (χ3n) is 1.99. The number of hydrogen-bond acceptors (Lipinski definition) is 3. The van der Waals surface area contributed by atoms with Crippen LogP contribution in [-0.4, -0.2) is 5.91 Å². The van der Waals surface area contributed by atoms with E-state index in [-0.39, 0.29) is 5.39 Å². The van der Waals surface area contributed by atoms with Crippen LogP contribution in [0.3, 0.4) is 0 Å². The maximum Gasteiger partial charge on any atom is 0.284 e. The fourth-order valence-electron chi connectivity index (χ4n) is 1.30. The van der Waals surface area contributed by atoms with Crippen LogP contribution in [0.25, 0.3) is 11.0 Å². The van der Waals surface area contributed by atoms with E-state index >= 15 is 0 Å². The molecule has 0 bridgehead atoms. The number of carbonyl (C=O) groups excluding carboxylic acids is 1. The second kappa shape index (κ2) is 3.41. The van der Waals surface area contributed by atoms with E-state index in [1.165, 1.54) is 0 Å². The van der Waals surface area contributed by atoms with Crippen molar-refractivity contribution in [2.45, 2.75) is 0 Å². The Hall–Kier alpha value is -2.24. The first-order valence-corrected chi connectivity index (χ1v) is 4.22. The van der Waals surface area contributed by atoms with Crippen LogP contribution < -0.4 is 11.2 Å². The van der Waals surface area contributed by atoms with Crippen LogP contribution in [0, 0.1) is 11.6 Å². The van der Waals surface area contributed by atoms with E-state index in [1.807, 2.05) is 0 Å². The molecule has 0 aliphatic heterocycles. The van der Waals surface area contributed by atoms with Crippen molar-refractivity contribution in [1.29, 1.82) is 0 Å². The Bertz CT molecular complexity index is 648. The lowest BCUT2D eigenvalue weighted by atomic mass is 10.2. The van der Waals surface area contributed by atoms with Crippen LogP contribution in [-0.2, 0) is 0 Å². The molecule has 2 aromatic rings. The molecule has 2 rings (SSSR count). The Kier molecular flexibility index (Phi) is 2.19. The molecule has 0 aliphatic carbocycles. The van der Waals surface area contributed by atoms with Crippen molar-refractivity contribution in [3.05, 3.63) is 45.8 Å². The summed E-state index contributed by atoms with van der Waals surface area (Å²) in [6.07, 6.45) is 0. The number of hydrogen-bond donors (Lipinski definition) is 1. The predicted molar refractivity (Wildman–Crippen MR) is 50.9 cm³/mol. The van der Waals surface area contributed by atoms with Gasteiger partial charge in [-0.2, -0.15) is 0 Å². The molecule has 6 heteroatoms. The highest BCUT2D eigenvalue weighted by molar-refractivity contribution is 5.91. The summed E-state index contributed by atoms with van der Waals surface area (Å²) in [6, 6.07) is 2.18. The van der Waals surface area contributed by atoms with E-state index in [0.717, 1.165) is 12.1 Å². The number of fused-ring (bicyclic) bond motifs is 1. The molecule has 0 atom stereocenters. The van der Waals surface area contributed by atoms with Crippen molar-refractivity contribution in [3.8, 4) is 0 Å². The van der Waals surface area contributed by atoms with Gasteiger partial charge >= 0.3 is 0 Å². The number of rotatable bonds is 1. The second-order valence-electron chi connectivity index (χ2n) is 3.10. The zero-order chi connectivity index (χ0) is 11.9. The monoisotopic (exact) mass is 225 g/mol. The van der Waals surface area contributed by atoms with Crippen LogP contribution in [0.2, 0.25) is 0 Å². The van der Waals surface area contributed by atoms with Gasteiger partial charge in [-0.3, -0.25) is 9.59 Å². The fourth-order valence-corrected chi connectivity index (χ4v) is 1.30. The summed E-state index contributed by atoms with van der Waals surface area (Å²) in [4.78, 5) is 22.2. The van der Waals surface area contributed by atoms with Gasteiger partial charge in [0.05, 0.1) is 5.39 Å². The average molecular weight is 225 g/mol. The van der Waals surface area contributed by atoms with Crippen molar-refractivity contribution in [1.82, 2.24) is 0 Å². The van der Waals surface area contributed by atoms with Crippen LogP contribution in [0.4, 0.5) is 8.78 Å². The van der Waals surface area contributed by atoms with Gasteiger partial charge in [-0.15, -0.1) is 0 Å². The van der Waals surface area contributed by atoms with Gasteiger partial charge in [0.15, 0.2) is 22.6 Å². The third kappa shape index (κ3) is 1.54. The first-order valence-electron chi connectivity index (χ1n) is 4.22. The summed E-state index contributed by atoms with van der Waals surface area (Å²) in [7, 11) is 0. The summed E-state index contributed by atoms with van der Waals surface area (Å²) in [6.45, 7) is 0. The molecule has 0 fully saturated rings. The minimum atomic E-state index is -1.06. The molecule has 0 saturated carbocycles. The summed E-state index contributed by atoms with van der Waals surface area (Å²) < 4.78 is 30.8. The first kappa shape index (κ1) is 10.3. The molecule has 16 heavy (non-hydrogen) atoms. The van der Waals surface area contributed by atoms with Crippen LogP contribution in [0.5, 0.6) is 0 Å². The molecule has 1 aromatic carbocycles. The minimum Gasteiger partial charge on any atom is -0.448 e. The van der Waals surface area contributed by atoms with Gasteiger partial charge in [0.1, 0.15) is 5.82 Å². The number of primary amides is 1. The number of nitrogens with two attached hydrogens (primary N) is 1. The Morgan fingerprint density at radius 3 is 2.56 bits per heavy atom. The van der Waals surface area contributed by atoms with E-state index < -0.39 is 34.3 Å². The van der Waals surface area contributed by atoms with Crippen LogP contribution >= 0.6 is 0 Å². The van der Waals surface area contributed by atoms with E-state index in [0.29, 0.717) is 6.07 Å². The Morgan fingerprint density at radius 2 is 1.94 bits per heavy atom. The molecule has 0 saturated heterocycles. The maximum atomic E-state index is 13.2. The van der Waals surface area contributed by atoms with Crippen molar-refractivity contribution in [2.24, 2.45) is 5.73 Å². The highest BCUT2D eigenvalue weighted by Crippen LogP contribution is 2.17. The fraction of sp³-hybridized carbons (Fsp3) is 0. The van der Waals surface area contributed by atoms with Gasteiger partial charge in [0.25, 0.3) is 5.91 Å². The average Bonchev–Trinajstić information content (AvgIpc) is 2.19. The normalized spacial score (nSPS) is 10.6. The quantitative estimate of drug-likeness (QED) is 0.791. The van der Waals surface area contributed by atoms with Crippen molar-refractivity contribution in [2.75, 3.05) is 0 Å². The molecule has 0 radical (unpaired) electrons. The van der Waals surface area contributed by atoms with Gasteiger partial charge in [-0.25, -0.2) is 8.78 Å². The van der Waals surface area contributed by atoms with Crippen molar-refractivity contribution >= 4 is 16.9 Å². The zero-order valence-corrected chi connectivity index (χ0v) is 7.79. The minimum absolute atomic E-state index is 0.275. The van der Waals surface area contributed by atoms with Gasteiger partial charge in [-0.05, 0) is 6.07 Å². The number of halogens is 2. The molecular weight excluding hydrogens is 220 g/mol. The van der Waals surface area contributed by atoms with Crippen molar-refractivity contribution < 1.29 is 18.0 Å². The summed E-state index contributed by atoms with van der Waals surface area (Å²) in [5, 5.41) is -0.275. The topological polar surface area (TPSA) is 73.3 Å². The van der Waals surface area contributed by atoms with E-state index in [1.54, 1.807) is 0 Å². The molecule has 2 N–H and O–H groups in total. The van der Waals surface area contributed by atoms with Crippen LogP contribution in [0.1, 0.15) is 10.6 Å². The largest absolute Gasteiger partial charge is 0.448 e. The molecule has 1 heterocycles. The van der Waals surface area contributed by atoms with Crippen LogP contribution in [0.15, 0.2) is 27.4 Å². The zero-order valence-electron chi connectivity index (χ0n) is 7.79. The molecular formula is C10H5F2NO3. The molecule has 0 aliphatic rings. The van der Waals surface area contributed by atoms with E-state index in [9.17, 15) is 18.4 Å². The summed E-state index contributed by atoms with van der Waals surface area (Å²) >= 11 is 0. The van der Waals surface area contributed by atoms with Gasteiger partial charge in [0.2, 0.25) is 0 Å². The Morgan fingerprint density at radius 1 is 1.25 bits per heavy atom. The van der Waals surface area contributed by atoms with Gasteiger partial charge in [-0.1, -0.05) is 0 Å². The Balaban J connectivity index is 2.93. The molecule has 1 amide bonds. The first-order chi connectivity index (χ1) is 7.49. The van der Waals surface area contributed by atoms with Crippen molar-refractivity contribution in [3.63, 3.8) is 0 Å². The van der Waals surface area contributed by atoms with Gasteiger partial charge < -0.3 is 10.2 Å². The molecule has 0 spiro atoms. The smallest absolute Gasteiger partial charge is 0.284 e. The molecule has 4 nitrogen and oxygen atoms in total. The third-order valence-corrected chi connectivity index (χ3v) is 1.99. The number of amides is 1. The molecule has 0 unspecified atom stereocenters. The lowest BCUT2D eigenvalue weighted by molar-refractivity contribution is 0.0974.